The van der Waals surface area contributed by atoms with Crippen molar-refractivity contribution in [3.63, 3.8) is 0 Å². The van der Waals surface area contributed by atoms with Crippen molar-refractivity contribution in [3.8, 4) is 0 Å². The standard InChI is InChI=1S/C14H17BrClFN2O2/c1-20-6-7-21-5-4-19-13-8-10(15)11(17)9-12(13)18-14(19)2-3-16/h8-9H,2-7H2,1H3. The Kier molecular flexibility index (Phi) is 6.41. The third-order valence-electron chi connectivity index (χ3n) is 3.08. The van der Waals surface area contributed by atoms with Gasteiger partial charge in [-0.15, -0.1) is 11.6 Å². The van der Waals surface area contributed by atoms with Crippen LogP contribution in [0.2, 0.25) is 0 Å². The molecule has 0 amide bonds. The van der Waals surface area contributed by atoms with Crippen LogP contribution in [0.3, 0.4) is 0 Å². The van der Waals surface area contributed by atoms with E-state index in [-0.39, 0.29) is 5.82 Å². The summed E-state index contributed by atoms with van der Waals surface area (Å²) in [5, 5.41) is 0. The minimum absolute atomic E-state index is 0.319. The Labute approximate surface area is 136 Å². The van der Waals surface area contributed by atoms with Crippen LogP contribution in [0.5, 0.6) is 0 Å². The van der Waals surface area contributed by atoms with Crippen LogP contribution < -0.4 is 0 Å². The van der Waals surface area contributed by atoms with Crippen molar-refractivity contribution in [2.45, 2.75) is 13.0 Å². The fourth-order valence-electron chi connectivity index (χ4n) is 2.10. The summed E-state index contributed by atoms with van der Waals surface area (Å²) in [4.78, 5) is 4.46. The number of rotatable bonds is 8. The highest BCUT2D eigenvalue weighted by molar-refractivity contribution is 9.10. The molecule has 2 aromatic rings. The van der Waals surface area contributed by atoms with Crippen LogP contribution in [0.4, 0.5) is 4.39 Å². The number of nitrogens with zero attached hydrogens (tertiary/aromatic N) is 2. The van der Waals surface area contributed by atoms with Crippen LogP contribution in [-0.4, -0.2) is 42.4 Å². The lowest BCUT2D eigenvalue weighted by molar-refractivity contribution is 0.0667. The van der Waals surface area contributed by atoms with E-state index in [4.69, 9.17) is 21.1 Å². The van der Waals surface area contributed by atoms with Gasteiger partial charge in [0.25, 0.3) is 0 Å². The van der Waals surface area contributed by atoms with Crippen molar-refractivity contribution in [2.75, 3.05) is 32.8 Å². The Balaban J connectivity index is 2.21. The number of alkyl halides is 1. The van der Waals surface area contributed by atoms with Gasteiger partial charge in [-0.1, -0.05) is 0 Å². The van der Waals surface area contributed by atoms with Crippen LogP contribution in [0, 0.1) is 5.82 Å². The van der Waals surface area contributed by atoms with Crippen molar-refractivity contribution in [2.24, 2.45) is 0 Å². The molecule has 0 bridgehead atoms. The van der Waals surface area contributed by atoms with Gasteiger partial charge in [0.15, 0.2) is 0 Å². The first-order valence-corrected chi connectivity index (χ1v) is 7.97. The predicted molar refractivity (Wildman–Crippen MR) is 84.5 cm³/mol. The normalized spacial score (nSPS) is 11.4. The van der Waals surface area contributed by atoms with Gasteiger partial charge in [-0.25, -0.2) is 9.37 Å². The highest BCUT2D eigenvalue weighted by Crippen LogP contribution is 2.24. The van der Waals surface area contributed by atoms with Crippen molar-refractivity contribution in [3.05, 3.63) is 28.2 Å². The molecule has 0 radical (unpaired) electrons. The molecule has 0 saturated carbocycles. The first-order valence-electron chi connectivity index (χ1n) is 6.64. The van der Waals surface area contributed by atoms with Gasteiger partial charge in [-0.3, -0.25) is 0 Å². The SMILES string of the molecule is COCCOCCn1c(CCCl)nc2cc(F)c(Br)cc21. The molecule has 0 atom stereocenters. The highest BCUT2D eigenvalue weighted by atomic mass is 79.9. The fraction of sp³-hybridized carbons (Fsp3) is 0.500. The quantitative estimate of drug-likeness (QED) is 0.521. The molecule has 0 spiro atoms. The van der Waals surface area contributed by atoms with Crippen molar-refractivity contribution in [1.29, 1.82) is 0 Å². The molecule has 1 aromatic heterocycles. The number of ether oxygens (including phenoxy) is 2. The summed E-state index contributed by atoms with van der Waals surface area (Å²) in [6.07, 6.45) is 0.632. The summed E-state index contributed by atoms with van der Waals surface area (Å²) >= 11 is 9.03. The van der Waals surface area contributed by atoms with Crippen molar-refractivity contribution in [1.82, 2.24) is 9.55 Å². The zero-order valence-corrected chi connectivity index (χ0v) is 14.1. The monoisotopic (exact) mass is 378 g/mol. The Morgan fingerprint density at radius 1 is 1.33 bits per heavy atom. The lowest BCUT2D eigenvalue weighted by Gasteiger charge is -2.09. The maximum Gasteiger partial charge on any atom is 0.139 e. The predicted octanol–water partition coefficient (Wildman–Crippen LogP) is 3.38. The number of hydrogen-bond donors (Lipinski definition) is 0. The Bertz CT molecular complexity index is 606. The number of hydrogen-bond acceptors (Lipinski definition) is 3. The zero-order valence-electron chi connectivity index (χ0n) is 11.7. The van der Waals surface area contributed by atoms with Crippen LogP contribution in [0.15, 0.2) is 16.6 Å². The third kappa shape index (κ3) is 4.16. The second kappa shape index (κ2) is 8.08. The molecule has 0 saturated heterocycles. The molecule has 0 aliphatic rings. The van der Waals surface area contributed by atoms with E-state index in [1.165, 1.54) is 6.07 Å². The molecule has 116 valence electrons. The van der Waals surface area contributed by atoms with Crippen LogP contribution in [-0.2, 0) is 22.4 Å². The average molecular weight is 380 g/mol. The second-order valence-corrected chi connectivity index (χ2v) is 5.71. The molecule has 1 heterocycles. The van der Waals surface area contributed by atoms with E-state index < -0.39 is 0 Å². The van der Waals surface area contributed by atoms with E-state index in [0.29, 0.717) is 48.7 Å². The molecule has 1 aromatic carbocycles. The van der Waals surface area contributed by atoms with Crippen LogP contribution >= 0.6 is 27.5 Å². The van der Waals surface area contributed by atoms with Gasteiger partial charge in [0, 0.05) is 32.0 Å². The summed E-state index contributed by atoms with van der Waals surface area (Å²) in [5.74, 6) is 0.992. The van der Waals surface area contributed by atoms with Gasteiger partial charge in [0.2, 0.25) is 0 Å². The lowest BCUT2D eigenvalue weighted by Crippen LogP contribution is -2.12. The summed E-state index contributed by atoms with van der Waals surface area (Å²) in [7, 11) is 1.64. The Morgan fingerprint density at radius 3 is 2.86 bits per heavy atom. The van der Waals surface area contributed by atoms with Gasteiger partial charge in [-0.2, -0.15) is 0 Å². The van der Waals surface area contributed by atoms with Gasteiger partial charge in [0.1, 0.15) is 11.6 Å². The number of imidazole rings is 1. The summed E-state index contributed by atoms with van der Waals surface area (Å²) < 4.78 is 26.5. The Hall–Kier alpha value is -0.690. The average Bonchev–Trinajstić information content (AvgIpc) is 2.77. The second-order valence-electron chi connectivity index (χ2n) is 4.48. The molecule has 0 unspecified atom stereocenters. The maximum atomic E-state index is 13.6. The number of aryl methyl sites for hydroxylation is 1. The van der Waals surface area contributed by atoms with Gasteiger partial charge in [0.05, 0.1) is 35.3 Å². The molecular formula is C14H17BrClFN2O2. The molecule has 0 aliphatic heterocycles. The first kappa shape index (κ1) is 16.7. The number of aromatic nitrogens is 2. The molecule has 0 fully saturated rings. The summed E-state index contributed by atoms with van der Waals surface area (Å²) in [6, 6.07) is 3.17. The number of methoxy groups -OCH3 is 1. The fourth-order valence-corrected chi connectivity index (χ4v) is 2.60. The smallest absolute Gasteiger partial charge is 0.139 e. The molecule has 2 rings (SSSR count). The minimum Gasteiger partial charge on any atom is -0.382 e. The molecular weight excluding hydrogens is 363 g/mol. The lowest BCUT2D eigenvalue weighted by atomic mass is 10.3. The molecule has 21 heavy (non-hydrogen) atoms. The zero-order chi connectivity index (χ0) is 15.2. The topological polar surface area (TPSA) is 36.3 Å². The van der Waals surface area contributed by atoms with Crippen LogP contribution in [0.1, 0.15) is 5.82 Å². The van der Waals surface area contributed by atoms with Gasteiger partial charge < -0.3 is 14.0 Å². The first-order chi connectivity index (χ1) is 10.2. The largest absolute Gasteiger partial charge is 0.382 e. The summed E-state index contributed by atoms with van der Waals surface area (Å²) in [6.45, 7) is 2.30. The highest BCUT2D eigenvalue weighted by Gasteiger charge is 2.13. The van der Waals surface area contributed by atoms with E-state index in [2.05, 4.69) is 20.9 Å². The number of benzene rings is 1. The number of fused-ring (bicyclic) bond motifs is 1. The third-order valence-corrected chi connectivity index (χ3v) is 3.88. The maximum absolute atomic E-state index is 13.6. The van der Waals surface area contributed by atoms with E-state index in [0.717, 1.165) is 11.3 Å². The van der Waals surface area contributed by atoms with Crippen molar-refractivity contribution < 1.29 is 13.9 Å². The molecule has 0 N–H and O–H groups in total. The molecule has 4 nitrogen and oxygen atoms in total. The number of halogens is 3. The van der Waals surface area contributed by atoms with Gasteiger partial charge >= 0.3 is 0 Å². The Morgan fingerprint density at radius 2 is 2.14 bits per heavy atom. The van der Waals surface area contributed by atoms with E-state index in [1.54, 1.807) is 13.2 Å². The molecule has 0 aliphatic carbocycles. The van der Waals surface area contributed by atoms with E-state index >= 15 is 0 Å². The molecule has 7 heteroatoms. The van der Waals surface area contributed by atoms with E-state index in [9.17, 15) is 4.39 Å². The summed E-state index contributed by atoms with van der Waals surface area (Å²) in [5.41, 5.74) is 1.51. The minimum atomic E-state index is -0.319. The van der Waals surface area contributed by atoms with Gasteiger partial charge in [-0.05, 0) is 22.0 Å². The van der Waals surface area contributed by atoms with Crippen molar-refractivity contribution >= 4 is 38.6 Å². The van der Waals surface area contributed by atoms with E-state index in [1.807, 2.05) is 4.57 Å². The van der Waals surface area contributed by atoms with Crippen LogP contribution in [0.25, 0.3) is 11.0 Å².